The fraction of sp³-hybridized carbons (Fsp3) is 0.538. The molecule has 0 unspecified atom stereocenters. The van der Waals surface area contributed by atoms with E-state index in [1.807, 2.05) is 0 Å². The number of ether oxygens (including phenoxy) is 12. The summed E-state index contributed by atoms with van der Waals surface area (Å²) in [5, 5.41) is 0. The summed E-state index contributed by atoms with van der Waals surface area (Å²) in [7, 11) is -11.9. The zero-order chi connectivity index (χ0) is 74.8. The van der Waals surface area contributed by atoms with Crippen molar-refractivity contribution in [1.29, 1.82) is 0 Å². The van der Waals surface area contributed by atoms with Gasteiger partial charge in [-0.05, 0) is 15.8 Å². The second kappa shape index (κ2) is 66.2. The molecule has 0 aromatic heterocycles. The van der Waals surface area contributed by atoms with Crippen LogP contribution in [0.4, 0.5) is 34.1 Å². The molecular weight excluding hydrogens is 1480 g/mol. The molecule has 0 atom stereocenters. The predicted octanol–water partition coefficient (Wildman–Crippen LogP) is 1.32. The van der Waals surface area contributed by atoms with Crippen molar-refractivity contribution >= 4 is 99.4 Å². The summed E-state index contributed by atoms with van der Waals surface area (Å²) >= 11 is 0. The average Bonchev–Trinajstić information content (AvgIpc) is 0.834. The first-order valence-corrected chi connectivity index (χ1v) is 60.5. The van der Waals surface area contributed by atoms with E-state index in [1.165, 1.54) is 34.7 Å². The third kappa shape index (κ3) is 59.1. The van der Waals surface area contributed by atoms with Gasteiger partial charge in [-0.2, -0.15) is 0 Å². The summed E-state index contributed by atoms with van der Waals surface area (Å²) in [4.78, 5) is 31.8. The van der Waals surface area contributed by atoms with Crippen LogP contribution in [0.5, 0.6) is 0 Å². The summed E-state index contributed by atoms with van der Waals surface area (Å²) in [5.41, 5.74) is 6.81. The summed E-state index contributed by atoms with van der Waals surface area (Å²) in [6.07, 6.45) is 0. The molecule has 6 aromatic carbocycles. The van der Waals surface area contributed by atoms with Gasteiger partial charge in [0.1, 0.15) is 0 Å². The van der Waals surface area contributed by atoms with Crippen LogP contribution in [0.3, 0.4) is 0 Å². The van der Waals surface area contributed by atoms with E-state index in [4.69, 9.17) is 86.7 Å². The molecule has 6 fully saturated rings. The van der Waals surface area contributed by atoms with Crippen LogP contribution in [0.2, 0.25) is 78.6 Å². The van der Waals surface area contributed by atoms with Crippen LogP contribution < -0.4 is 113 Å². The molecule has 0 spiro atoms. The van der Waals surface area contributed by atoms with E-state index in [2.05, 4.69) is 261 Å². The topological polar surface area (TPSA) is 195 Å². The third-order valence-electron chi connectivity index (χ3n) is 15.7. The van der Waals surface area contributed by atoms with E-state index in [-0.39, 0.29) is 113 Å². The zero-order valence-corrected chi connectivity index (χ0v) is 79.1. The minimum absolute atomic E-state index is 0. The fourth-order valence-corrected chi connectivity index (χ4v) is 58.1. The van der Waals surface area contributed by atoms with Crippen molar-refractivity contribution in [2.45, 2.75) is 78.6 Å². The second-order valence-electron chi connectivity index (χ2n) is 29.5. The Kier molecular flexibility index (Phi) is 67.1. The molecular formula is C78H128Li6N6O12P2Si6+2. The van der Waals surface area contributed by atoms with Gasteiger partial charge < -0.3 is 86.7 Å². The molecule has 0 radical (unpaired) electrons. The Bertz CT molecular complexity index is 2450. The van der Waals surface area contributed by atoms with E-state index in [9.17, 15) is 0 Å². The molecule has 6 aliphatic heterocycles. The Morgan fingerprint density at radius 2 is 0.273 bits per heavy atom. The first kappa shape index (κ1) is 111. The molecule has 0 bridgehead atoms. The standard InChI is InChI=1S/2C27H39N3PSi3.6C4H8O2.6Li/c2*1-32(2,28-25-16-10-7-11-17-25)22-31(23-33(3,4)29-26-18-12-8-13-19-26)24-34(5,6)30-27-20-14-9-15-21-27;6*1-2-6-4-3-5-1;;;;;;/h2*7-21H,22-24H2,1-6H3;6*1-4H2;;;;;;/q2*-3;;;;;;;6*+1/p+2. The predicted molar refractivity (Wildman–Crippen MR) is 457 cm³/mol. The van der Waals surface area contributed by atoms with E-state index in [1.54, 1.807) is 0 Å². The maximum Gasteiger partial charge on any atom is 1.00 e. The van der Waals surface area contributed by atoms with Gasteiger partial charge in [-0.15, -0.1) is 34.1 Å². The maximum atomic E-state index is 5.29. The molecule has 110 heavy (non-hydrogen) atoms. The van der Waals surface area contributed by atoms with Crippen LogP contribution in [0.25, 0.3) is 29.9 Å². The van der Waals surface area contributed by atoms with Gasteiger partial charge in [-0.1, -0.05) is 261 Å². The van der Waals surface area contributed by atoms with E-state index < -0.39 is 65.3 Å². The van der Waals surface area contributed by atoms with Crippen molar-refractivity contribution in [3.63, 3.8) is 0 Å². The molecule has 0 saturated carbocycles. The normalized spacial score (nSPS) is 15.5. The number of nitrogens with zero attached hydrogens (tertiary/aromatic N) is 6. The number of hydrogen-bond donors (Lipinski definition) is 0. The quantitative estimate of drug-likeness (QED) is 0.0625. The van der Waals surface area contributed by atoms with E-state index in [0.29, 0.717) is 0 Å². The van der Waals surface area contributed by atoms with Gasteiger partial charge in [0, 0.05) is 84.1 Å². The van der Waals surface area contributed by atoms with Gasteiger partial charge in [-0.25, -0.2) is 0 Å². The number of benzene rings is 6. The smallest absolute Gasteiger partial charge is 0.684 e. The second-order valence-corrected chi connectivity index (χ2v) is 64.0. The van der Waals surface area contributed by atoms with Crippen LogP contribution in [-0.4, -0.2) is 243 Å². The van der Waals surface area contributed by atoms with Crippen LogP contribution in [-0.2, 0) is 56.8 Å². The van der Waals surface area contributed by atoms with Gasteiger partial charge in [0.25, 0.3) is 0 Å². The van der Waals surface area contributed by atoms with Crippen molar-refractivity contribution in [3.05, 3.63) is 212 Å². The van der Waals surface area contributed by atoms with Crippen LogP contribution in [0.1, 0.15) is 0 Å². The third-order valence-corrected chi connectivity index (χ3v) is 53.6. The number of rotatable bonds is 24. The molecule has 12 rings (SSSR count). The summed E-state index contributed by atoms with van der Waals surface area (Å²) in [5.74, 6) is 7.71. The zero-order valence-electron chi connectivity index (χ0n) is 71.1. The first-order chi connectivity index (χ1) is 50.0. The van der Waals surface area contributed by atoms with Gasteiger partial charge in [0.05, 0.1) is 159 Å². The molecule has 0 aliphatic carbocycles. The van der Waals surface area contributed by atoms with Crippen LogP contribution in [0.15, 0.2) is 182 Å². The van der Waals surface area contributed by atoms with Crippen LogP contribution in [0, 0.1) is 0 Å². The maximum absolute atomic E-state index is 5.29. The monoisotopic (exact) mass is 1610 g/mol. The summed E-state index contributed by atoms with van der Waals surface area (Å²) < 4.78 is 59.3. The molecule has 0 amide bonds. The van der Waals surface area contributed by atoms with Crippen molar-refractivity contribution in [2.24, 2.45) is 0 Å². The van der Waals surface area contributed by atoms with Crippen molar-refractivity contribution < 1.29 is 170 Å². The van der Waals surface area contributed by atoms with Gasteiger partial charge in [-0.3, -0.25) is 0 Å². The Hall–Kier alpha value is -0.614. The van der Waals surface area contributed by atoms with Gasteiger partial charge in [0.2, 0.25) is 0 Å². The van der Waals surface area contributed by atoms with E-state index in [0.717, 1.165) is 193 Å². The van der Waals surface area contributed by atoms with Gasteiger partial charge >= 0.3 is 113 Å². The molecule has 32 heteroatoms. The summed E-state index contributed by atoms with van der Waals surface area (Å²) in [6, 6.07) is 63.3. The fourth-order valence-electron chi connectivity index (χ4n) is 12.0. The SMILES string of the molecule is C1COCCO1.C1COCCO1.C1COCCO1.C1COCCO1.C1COCCO1.C1COCCO1.C[Si](C)(C[PH+](C[Si](C)(C)[N-]c1ccccc1)C[Si](C)(C)[N-]c1ccccc1)[N-]c1ccccc1.C[Si](C)(C[PH+](C[Si](C)(C)[N-]c1ccccc1)C[Si](C)(C)[N-]c1ccccc1)[N-]c1ccccc1.[Li+].[Li+].[Li+].[Li+].[Li+].[Li+]. The molecule has 6 saturated heterocycles. The Labute approximate surface area is 745 Å². The summed E-state index contributed by atoms with van der Waals surface area (Å²) in [6.45, 7) is 48.0. The average molecular weight is 1610 g/mol. The minimum atomic E-state index is -1.76. The van der Waals surface area contributed by atoms with Crippen molar-refractivity contribution in [2.75, 3.05) is 193 Å². The minimum Gasteiger partial charge on any atom is -0.684 e. The van der Waals surface area contributed by atoms with Crippen molar-refractivity contribution in [3.8, 4) is 0 Å². The van der Waals surface area contributed by atoms with Crippen molar-refractivity contribution in [1.82, 2.24) is 0 Å². The molecule has 6 aliphatic rings. The number of hydrogen-bond acceptors (Lipinski definition) is 12. The molecule has 6 heterocycles. The first-order valence-electron chi connectivity index (χ1n) is 37.3. The molecule has 18 nitrogen and oxygen atoms in total. The molecule has 0 N–H and O–H groups in total. The molecule has 6 aromatic rings. The Balaban J connectivity index is 0. The van der Waals surface area contributed by atoms with Crippen LogP contribution >= 0.6 is 15.8 Å². The Morgan fingerprint density at radius 3 is 0.355 bits per heavy atom. The largest absolute Gasteiger partial charge is 1.00 e. The van der Waals surface area contributed by atoms with Gasteiger partial charge in [0.15, 0.2) is 0 Å². The molecule has 580 valence electrons. The van der Waals surface area contributed by atoms with E-state index >= 15 is 0 Å². The Morgan fingerprint density at radius 1 is 0.182 bits per heavy atom.